The van der Waals surface area contributed by atoms with Crippen molar-refractivity contribution in [3.8, 4) is 17.3 Å². The summed E-state index contributed by atoms with van der Waals surface area (Å²) in [5.74, 6) is -1.79. The highest BCUT2D eigenvalue weighted by Crippen LogP contribution is 2.42. The van der Waals surface area contributed by atoms with E-state index in [0.717, 1.165) is 12.1 Å². The second-order valence-corrected chi connectivity index (χ2v) is 10.7. The molecule has 4 rings (SSSR count). The second kappa shape index (κ2) is 7.85. The Bertz CT molecular complexity index is 1240. The Balaban J connectivity index is 1.65. The number of hydrogen-bond donors (Lipinski definition) is 2. The molecule has 2 aliphatic carbocycles. The molecule has 2 saturated carbocycles. The highest BCUT2D eigenvalue weighted by molar-refractivity contribution is 7.92. The van der Waals surface area contributed by atoms with Gasteiger partial charge in [-0.2, -0.15) is 23.5 Å². The molecule has 0 aliphatic heterocycles. The van der Waals surface area contributed by atoms with E-state index in [0.29, 0.717) is 18.5 Å². The molecule has 2 fully saturated rings. The highest BCUT2D eigenvalue weighted by Gasteiger charge is 2.50. The Morgan fingerprint density at radius 2 is 2.00 bits per heavy atom. The number of carbonyl (C=O) groups excluding carboxylic acids is 1. The first-order valence-corrected chi connectivity index (χ1v) is 11.8. The monoisotopic (exact) mass is 482 g/mol. The summed E-state index contributed by atoms with van der Waals surface area (Å²) in [4.78, 5) is 11.6. The summed E-state index contributed by atoms with van der Waals surface area (Å²) in [5, 5.41) is 24.5. The number of alkyl halides is 3. The van der Waals surface area contributed by atoms with Crippen LogP contribution in [-0.2, 0) is 27.9 Å². The summed E-state index contributed by atoms with van der Waals surface area (Å²) in [6, 6.07) is 6.43. The summed E-state index contributed by atoms with van der Waals surface area (Å²) in [6.07, 6.45) is -4.68. The van der Waals surface area contributed by atoms with Gasteiger partial charge in [-0.25, -0.2) is 8.42 Å². The van der Waals surface area contributed by atoms with Gasteiger partial charge in [-0.15, -0.1) is 0 Å². The third kappa shape index (κ3) is 4.22. The van der Waals surface area contributed by atoms with Gasteiger partial charge in [-0.3, -0.25) is 9.48 Å². The van der Waals surface area contributed by atoms with E-state index < -0.39 is 55.2 Å². The number of nitrogens with zero attached hydrogens (tertiary/aromatic N) is 3. The minimum absolute atomic E-state index is 0.149. The molecule has 0 bridgehead atoms. The first-order chi connectivity index (χ1) is 15.4. The van der Waals surface area contributed by atoms with Gasteiger partial charge in [0, 0.05) is 18.8 Å². The fourth-order valence-electron chi connectivity index (χ4n) is 4.22. The van der Waals surface area contributed by atoms with E-state index in [2.05, 4.69) is 10.4 Å². The molecular formula is C21H21F3N4O4S. The molecule has 33 heavy (non-hydrogen) atoms. The number of aliphatic hydroxyl groups excluding tert-OH is 1. The van der Waals surface area contributed by atoms with Crippen LogP contribution in [0.5, 0.6) is 0 Å². The zero-order chi connectivity index (χ0) is 24.2. The van der Waals surface area contributed by atoms with Gasteiger partial charge < -0.3 is 10.4 Å². The lowest BCUT2D eigenvalue weighted by Crippen LogP contribution is -2.42. The van der Waals surface area contributed by atoms with Crippen molar-refractivity contribution in [1.82, 2.24) is 15.1 Å². The van der Waals surface area contributed by atoms with Crippen molar-refractivity contribution in [2.75, 3.05) is 0 Å². The maximum absolute atomic E-state index is 13.9. The smallest absolute Gasteiger partial charge is 0.392 e. The maximum atomic E-state index is 13.9. The highest BCUT2D eigenvalue weighted by atomic mass is 32.2. The number of nitrogens with one attached hydrogen (secondary N) is 1. The summed E-state index contributed by atoms with van der Waals surface area (Å²) in [5.41, 5.74) is -1.79. The van der Waals surface area contributed by atoms with Crippen LogP contribution in [0.3, 0.4) is 0 Å². The third-order valence-electron chi connectivity index (χ3n) is 6.30. The average molecular weight is 482 g/mol. The van der Waals surface area contributed by atoms with Crippen molar-refractivity contribution < 1.29 is 31.5 Å². The summed E-state index contributed by atoms with van der Waals surface area (Å²) >= 11 is 0. The lowest BCUT2D eigenvalue weighted by atomic mass is 10.0. The zero-order valence-electron chi connectivity index (χ0n) is 17.5. The molecule has 2 aliphatic rings. The summed E-state index contributed by atoms with van der Waals surface area (Å²) in [6.45, 7) is 0. The number of amides is 1. The van der Waals surface area contributed by atoms with Crippen LogP contribution in [0.1, 0.15) is 31.2 Å². The number of aliphatic hydroxyl groups is 1. The number of aryl methyl sites for hydroxylation is 1. The van der Waals surface area contributed by atoms with Crippen LogP contribution in [0.2, 0.25) is 0 Å². The van der Waals surface area contributed by atoms with Gasteiger partial charge in [0.25, 0.3) is 0 Å². The first kappa shape index (κ1) is 23.3. The normalized spacial score (nSPS) is 24.3. The number of sulfone groups is 1. The molecule has 1 aromatic carbocycles. The SMILES string of the molecule is Cn1nccc1-c1ccc(S(=O)(=O)[C@H]2C[C@@H](O)[C@H](C(=O)NC3(C#N)CC3)C2)c(C(F)(F)F)c1. The van der Waals surface area contributed by atoms with Gasteiger partial charge in [0.1, 0.15) is 5.54 Å². The largest absolute Gasteiger partial charge is 0.417 e. The van der Waals surface area contributed by atoms with Crippen LogP contribution in [0, 0.1) is 17.2 Å². The number of hydrogen-bond acceptors (Lipinski definition) is 6. The van der Waals surface area contributed by atoms with Gasteiger partial charge in [-0.05, 0) is 43.9 Å². The summed E-state index contributed by atoms with van der Waals surface area (Å²) in [7, 11) is -2.98. The molecule has 2 N–H and O–H groups in total. The molecule has 1 amide bonds. The number of carbonyl (C=O) groups is 1. The van der Waals surface area contributed by atoms with Gasteiger partial charge in [0.05, 0.1) is 39.5 Å². The number of benzene rings is 1. The van der Waals surface area contributed by atoms with Crippen molar-refractivity contribution in [3.63, 3.8) is 0 Å². The van der Waals surface area contributed by atoms with Crippen LogP contribution in [0.25, 0.3) is 11.3 Å². The van der Waals surface area contributed by atoms with Crippen molar-refractivity contribution in [2.24, 2.45) is 13.0 Å². The first-order valence-electron chi connectivity index (χ1n) is 10.2. The molecule has 0 unspecified atom stereocenters. The molecular weight excluding hydrogens is 461 g/mol. The molecule has 12 heteroatoms. The lowest BCUT2D eigenvalue weighted by molar-refractivity contribution is -0.139. The Morgan fingerprint density at radius 3 is 2.55 bits per heavy atom. The van der Waals surface area contributed by atoms with Gasteiger partial charge in [0.2, 0.25) is 5.91 Å². The molecule has 0 spiro atoms. The van der Waals surface area contributed by atoms with E-state index >= 15 is 0 Å². The standard InChI is InChI=1S/C21H21F3N4O4S/c1-28-16(4-7-26-28)12-2-3-18(15(8-12)21(22,23)24)33(31,32)13-9-14(17(29)10-13)19(30)27-20(11-25)5-6-20/h2-4,7-8,13-14,17,29H,5-6,9-10H2,1H3,(H,27,30)/t13-,14-,17-/m1/s1. The van der Waals surface area contributed by atoms with Gasteiger partial charge >= 0.3 is 6.18 Å². The molecule has 176 valence electrons. The van der Waals surface area contributed by atoms with E-state index in [1.165, 1.54) is 23.0 Å². The van der Waals surface area contributed by atoms with Crippen LogP contribution in [0.4, 0.5) is 13.2 Å². The van der Waals surface area contributed by atoms with Crippen LogP contribution in [-0.4, -0.2) is 46.1 Å². The fraction of sp³-hybridized carbons (Fsp3) is 0.476. The summed E-state index contributed by atoms with van der Waals surface area (Å²) < 4.78 is 69.4. The van der Waals surface area contributed by atoms with Gasteiger partial charge in [0.15, 0.2) is 9.84 Å². The Morgan fingerprint density at radius 1 is 1.30 bits per heavy atom. The average Bonchev–Trinajstić information content (AvgIpc) is 3.18. The fourth-order valence-corrected chi connectivity index (χ4v) is 6.23. The Hall–Kier alpha value is -2.91. The lowest BCUT2D eigenvalue weighted by Gasteiger charge is -2.18. The number of rotatable bonds is 5. The quantitative estimate of drug-likeness (QED) is 0.673. The van der Waals surface area contributed by atoms with Crippen LogP contribution in [0.15, 0.2) is 35.4 Å². The molecule has 0 radical (unpaired) electrons. The zero-order valence-corrected chi connectivity index (χ0v) is 18.3. The van der Waals surface area contributed by atoms with E-state index in [1.54, 1.807) is 7.05 Å². The maximum Gasteiger partial charge on any atom is 0.417 e. The topological polar surface area (TPSA) is 125 Å². The second-order valence-electron chi connectivity index (χ2n) is 8.54. The molecule has 1 aromatic heterocycles. The number of aromatic nitrogens is 2. The molecule has 8 nitrogen and oxygen atoms in total. The minimum Gasteiger partial charge on any atom is -0.392 e. The van der Waals surface area contributed by atoms with E-state index in [-0.39, 0.29) is 18.4 Å². The predicted molar refractivity (Wildman–Crippen MR) is 109 cm³/mol. The van der Waals surface area contributed by atoms with Crippen molar-refractivity contribution in [1.29, 1.82) is 5.26 Å². The Labute approximate surface area is 187 Å². The number of halogens is 3. The van der Waals surface area contributed by atoms with Crippen molar-refractivity contribution in [2.45, 2.75) is 53.6 Å². The van der Waals surface area contributed by atoms with Crippen LogP contribution >= 0.6 is 0 Å². The Kier molecular flexibility index (Phi) is 5.53. The van der Waals surface area contributed by atoms with Crippen LogP contribution < -0.4 is 5.32 Å². The van der Waals surface area contributed by atoms with E-state index in [1.807, 2.05) is 6.07 Å². The predicted octanol–water partition coefficient (Wildman–Crippen LogP) is 2.19. The third-order valence-corrected chi connectivity index (χ3v) is 8.53. The molecule has 2 aromatic rings. The minimum atomic E-state index is -4.95. The van der Waals surface area contributed by atoms with E-state index in [4.69, 9.17) is 5.26 Å². The van der Waals surface area contributed by atoms with E-state index in [9.17, 15) is 31.5 Å². The molecule has 3 atom stereocenters. The molecule has 1 heterocycles. The van der Waals surface area contributed by atoms with Crippen molar-refractivity contribution in [3.05, 3.63) is 36.0 Å². The van der Waals surface area contributed by atoms with Crippen molar-refractivity contribution >= 4 is 15.7 Å². The van der Waals surface area contributed by atoms with Gasteiger partial charge in [-0.1, -0.05) is 6.07 Å². The number of nitriles is 1. The molecule has 0 saturated heterocycles.